The van der Waals surface area contributed by atoms with Gasteiger partial charge in [-0.1, -0.05) is 30.3 Å². The first kappa shape index (κ1) is 19.6. The Kier molecular flexibility index (Phi) is 4.96. The zero-order valence-corrected chi connectivity index (χ0v) is 16.9. The Morgan fingerprint density at radius 1 is 1.20 bits per heavy atom. The van der Waals surface area contributed by atoms with Crippen molar-refractivity contribution >= 4 is 33.5 Å². The number of methoxy groups -OCH3 is 1. The number of thiophene rings is 1. The van der Waals surface area contributed by atoms with Gasteiger partial charge in [-0.3, -0.25) is 9.36 Å². The van der Waals surface area contributed by atoms with Crippen molar-refractivity contribution in [1.29, 1.82) is 0 Å². The molecule has 4 rings (SSSR count). The van der Waals surface area contributed by atoms with E-state index < -0.39 is 11.9 Å². The fraction of sp³-hybridized carbons (Fsp3) is 0.143. The molecule has 152 valence electrons. The first-order valence-corrected chi connectivity index (χ1v) is 9.72. The van der Waals surface area contributed by atoms with Gasteiger partial charge in [0.25, 0.3) is 5.56 Å². The zero-order chi connectivity index (χ0) is 21.4. The summed E-state index contributed by atoms with van der Waals surface area (Å²) in [4.78, 5) is 41.6. The second-order valence-corrected chi connectivity index (χ2v) is 7.49. The number of carboxylic acids is 1. The molecule has 3 heterocycles. The Morgan fingerprint density at radius 3 is 2.60 bits per heavy atom. The number of aryl methyl sites for hydroxylation is 1. The monoisotopic (exact) mass is 424 g/mol. The van der Waals surface area contributed by atoms with Crippen LogP contribution >= 0.6 is 11.3 Å². The van der Waals surface area contributed by atoms with Gasteiger partial charge in [-0.2, -0.15) is 0 Å². The maximum atomic E-state index is 13.4. The van der Waals surface area contributed by atoms with E-state index in [0.717, 1.165) is 11.3 Å². The van der Waals surface area contributed by atoms with Crippen molar-refractivity contribution in [1.82, 2.24) is 9.55 Å². The van der Waals surface area contributed by atoms with Crippen LogP contribution in [0.25, 0.3) is 21.6 Å². The summed E-state index contributed by atoms with van der Waals surface area (Å²) in [6.07, 6.45) is 0. The molecular weight excluding hydrogens is 408 g/mol. The fourth-order valence-corrected chi connectivity index (χ4v) is 4.21. The molecular formula is C21H16N2O6S. The maximum absolute atomic E-state index is 13.4. The van der Waals surface area contributed by atoms with Crippen LogP contribution in [0, 0.1) is 6.92 Å². The Balaban J connectivity index is 1.94. The lowest BCUT2D eigenvalue weighted by Gasteiger charge is -2.11. The number of furan rings is 1. The molecule has 0 atom stereocenters. The molecule has 1 N–H and O–H groups in total. The summed E-state index contributed by atoms with van der Waals surface area (Å²) in [5, 5.41) is 9.70. The minimum Gasteiger partial charge on any atom is -0.477 e. The van der Waals surface area contributed by atoms with Gasteiger partial charge in [0.05, 0.1) is 19.0 Å². The molecule has 0 bridgehead atoms. The van der Waals surface area contributed by atoms with E-state index in [2.05, 4.69) is 9.72 Å². The first-order chi connectivity index (χ1) is 14.4. The van der Waals surface area contributed by atoms with E-state index >= 15 is 0 Å². The summed E-state index contributed by atoms with van der Waals surface area (Å²) >= 11 is 0.972. The predicted molar refractivity (Wildman–Crippen MR) is 110 cm³/mol. The average molecular weight is 424 g/mol. The average Bonchev–Trinajstić information content (AvgIpc) is 3.34. The normalized spacial score (nSPS) is 11.0. The molecule has 9 heteroatoms. The number of carbonyl (C=O) groups excluding carboxylic acids is 1. The summed E-state index contributed by atoms with van der Waals surface area (Å²) in [7, 11) is 1.25. The minimum absolute atomic E-state index is 0.0146. The van der Waals surface area contributed by atoms with E-state index in [1.807, 2.05) is 30.3 Å². The van der Waals surface area contributed by atoms with E-state index in [4.69, 9.17) is 4.42 Å². The third-order valence-electron chi connectivity index (χ3n) is 4.64. The van der Waals surface area contributed by atoms with Crippen LogP contribution in [-0.2, 0) is 11.3 Å². The molecule has 0 amide bonds. The van der Waals surface area contributed by atoms with Crippen LogP contribution in [0.1, 0.15) is 31.6 Å². The number of hydrogen-bond donors (Lipinski definition) is 1. The molecule has 0 radical (unpaired) electrons. The smallest absolute Gasteiger partial charge is 0.373 e. The van der Waals surface area contributed by atoms with Crippen LogP contribution < -0.4 is 5.56 Å². The van der Waals surface area contributed by atoms with Crippen LogP contribution in [0.3, 0.4) is 0 Å². The lowest BCUT2D eigenvalue weighted by atomic mass is 10.1. The number of carbonyl (C=O) groups is 2. The van der Waals surface area contributed by atoms with Gasteiger partial charge >= 0.3 is 11.9 Å². The van der Waals surface area contributed by atoms with Crippen molar-refractivity contribution in [3.63, 3.8) is 0 Å². The van der Waals surface area contributed by atoms with Gasteiger partial charge in [0.2, 0.25) is 5.76 Å². The standard InChI is InChI=1S/C21H16N2O6S/c1-11-15-18(30-16(11)20(25)26)22-17(12-6-4-3-5-7-12)23(19(15)24)10-13-8-9-14(29-13)21(27)28-2/h3-9H,10H2,1-2H3,(H,25,26). The van der Waals surface area contributed by atoms with E-state index in [9.17, 15) is 19.5 Å². The van der Waals surface area contributed by atoms with E-state index in [0.29, 0.717) is 27.5 Å². The molecule has 0 saturated carbocycles. The van der Waals surface area contributed by atoms with Crippen LogP contribution in [0.15, 0.2) is 51.7 Å². The molecule has 3 aromatic heterocycles. The van der Waals surface area contributed by atoms with Crippen LogP contribution in [-0.4, -0.2) is 33.7 Å². The zero-order valence-electron chi connectivity index (χ0n) is 16.0. The molecule has 0 saturated heterocycles. The Hall–Kier alpha value is -3.72. The van der Waals surface area contributed by atoms with Gasteiger partial charge in [0, 0.05) is 5.56 Å². The largest absolute Gasteiger partial charge is 0.477 e. The summed E-state index contributed by atoms with van der Waals surface area (Å²) < 4.78 is 11.6. The van der Waals surface area contributed by atoms with Gasteiger partial charge in [0.1, 0.15) is 21.3 Å². The van der Waals surface area contributed by atoms with Crippen LogP contribution in [0.4, 0.5) is 0 Å². The number of esters is 1. The number of aromatic nitrogens is 2. The van der Waals surface area contributed by atoms with Crippen LogP contribution in [0.2, 0.25) is 0 Å². The molecule has 8 nitrogen and oxygen atoms in total. The number of ether oxygens (including phenoxy) is 1. The number of aromatic carboxylic acids is 1. The predicted octanol–water partition coefficient (Wildman–Crippen LogP) is 3.56. The SMILES string of the molecule is COC(=O)c1ccc(Cn2c(-c3ccccc3)nc3sc(C(=O)O)c(C)c3c2=O)o1. The fourth-order valence-electron chi connectivity index (χ4n) is 3.20. The molecule has 30 heavy (non-hydrogen) atoms. The van der Waals surface area contributed by atoms with Gasteiger partial charge < -0.3 is 14.3 Å². The van der Waals surface area contributed by atoms with Gasteiger partial charge in [0.15, 0.2) is 0 Å². The summed E-state index contributed by atoms with van der Waals surface area (Å²) in [6.45, 7) is 1.61. The van der Waals surface area contributed by atoms with Gasteiger partial charge in [-0.15, -0.1) is 11.3 Å². The quantitative estimate of drug-likeness (QED) is 0.488. The van der Waals surface area contributed by atoms with E-state index in [-0.39, 0.29) is 28.1 Å². The number of fused-ring (bicyclic) bond motifs is 1. The summed E-state index contributed by atoms with van der Waals surface area (Å²) in [6, 6.07) is 12.2. The maximum Gasteiger partial charge on any atom is 0.373 e. The van der Waals surface area contributed by atoms with Crippen molar-refractivity contribution in [2.24, 2.45) is 0 Å². The van der Waals surface area contributed by atoms with Crippen molar-refractivity contribution in [3.05, 3.63) is 74.8 Å². The van der Waals surface area contributed by atoms with Crippen LogP contribution in [0.5, 0.6) is 0 Å². The lowest BCUT2D eigenvalue weighted by molar-refractivity contribution is 0.0562. The molecule has 0 fully saturated rings. The molecule has 0 spiro atoms. The van der Waals surface area contributed by atoms with Crippen molar-refractivity contribution < 1.29 is 23.8 Å². The second-order valence-electron chi connectivity index (χ2n) is 6.49. The molecule has 1 aromatic carbocycles. The molecule has 0 aliphatic carbocycles. The highest BCUT2D eigenvalue weighted by molar-refractivity contribution is 7.20. The van der Waals surface area contributed by atoms with Crippen molar-refractivity contribution in [2.75, 3.05) is 7.11 Å². The van der Waals surface area contributed by atoms with Crippen molar-refractivity contribution in [3.8, 4) is 11.4 Å². The molecule has 0 aliphatic rings. The van der Waals surface area contributed by atoms with E-state index in [1.54, 1.807) is 13.0 Å². The third kappa shape index (κ3) is 3.29. The first-order valence-electron chi connectivity index (χ1n) is 8.90. The number of benzene rings is 1. The van der Waals surface area contributed by atoms with E-state index in [1.165, 1.54) is 17.7 Å². The molecule has 4 aromatic rings. The number of nitrogens with zero attached hydrogens (tertiary/aromatic N) is 2. The Morgan fingerprint density at radius 2 is 1.93 bits per heavy atom. The number of rotatable bonds is 5. The third-order valence-corrected chi connectivity index (χ3v) is 5.81. The highest BCUT2D eigenvalue weighted by atomic mass is 32.1. The molecule has 0 unspecified atom stereocenters. The number of hydrogen-bond acceptors (Lipinski definition) is 7. The Labute approximate surface area is 174 Å². The summed E-state index contributed by atoms with van der Waals surface area (Å²) in [5.41, 5.74) is 0.693. The summed E-state index contributed by atoms with van der Waals surface area (Å²) in [5.74, 6) is -0.957. The van der Waals surface area contributed by atoms with Gasteiger partial charge in [-0.25, -0.2) is 14.6 Å². The number of carboxylic acid groups (broad SMARTS) is 1. The molecule has 0 aliphatic heterocycles. The highest BCUT2D eigenvalue weighted by Gasteiger charge is 2.22. The lowest BCUT2D eigenvalue weighted by Crippen LogP contribution is -2.24. The minimum atomic E-state index is -1.10. The highest BCUT2D eigenvalue weighted by Crippen LogP contribution is 2.29. The second kappa shape index (κ2) is 7.60. The topological polar surface area (TPSA) is 112 Å². The van der Waals surface area contributed by atoms with Crippen molar-refractivity contribution in [2.45, 2.75) is 13.5 Å². The van der Waals surface area contributed by atoms with Gasteiger partial charge in [-0.05, 0) is 24.6 Å². The Bertz CT molecular complexity index is 1330.